The molecule has 1 aromatic rings. The number of benzene rings is 1. The average molecular weight is 199 g/mol. The smallest absolute Gasteiger partial charge is 0.189 e. The number of hydrogen-bond donors (Lipinski definition) is 1. The van der Waals surface area contributed by atoms with Crippen LogP contribution in [0.2, 0.25) is 0 Å². The summed E-state index contributed by atoms with van der Waals surface area (Å²) in [5.74, 6) is -0.226. The van der Waals surface area contributed by atoms with E-state index in [1.54, 1.807) is 12.1 Å². The Hall–Kier alpha value is -1.13. The van der Waals surface area contributed by atoms with Crippen LogP contribution in [0.15, 0.2) is 18.2 Å². The minimum absolute atomic E-state index is 0.0461. The Kier molecular flexibility index (Phi) is 4.35. The summed E-state index contributed by atoms with van der Waals surface area (Å²) in [4.78, 5) is 0. The van der Waals surface area contributed by atoms with Gasteiger partial charge in [0.2, 0.25) is 0 Å². The fraction of sp³-hybridized carbons (Fsp3) is 0.400. The van der Waals surface area contributed by atoms with Crippen LogP contribution >= 0.6 is 0 Å². The van der Waals surface area contributed by atoms with Crippen molar-refractivity contribution in [2.45, 2.75) is 13.5 Å². The molecular formula is C10H14FNO2. The molecule has 0 unspecified atom stereocenters. The Balaban J connectivity index is 2.72. The molecule has 0 aliphatic heterocycles. The highest BCUT2D eigenvalue weighted by Gasteiger charge is 2.07. The highest BCUT2D eigenvalue weighted by Crippen LogP contribution is 2.21. The van der Waals surface area contributed by atoms with Gasteiger partial charge in [0.1, 0.15) is 0 Å². The number of para-hydroxylation sites is 1. The van der Waals surface area contributed by atoms with Crippen LogP contribution in [0.25, 0.3) is 0 Å². The monoisotopic (exact) mass is 199 g/mol. The third kappa shape index (κ3) is 2.68. The summed E-state index contributed by atoms with van der Waals surface area (Å²) < 4.78 is 23.3. The van der Waals surface area contributed by atoms with Crippen molar-refractivity contribution in [1.29, 1.82) is 0 Å². The molecule has 2 N–H and O–H groups in total. The van der Waals surface area contributed by atoms with E-state index in [0.717, 1.165) is 0 Å². The van der Waals surface area contributed by atoms with Crippen molar-refractivity contribution in [2.75, 3.05) is 13.4 Å². The predicted octanol–water partition coefficient (Wildman–Crippen LogP) is 1.66. The molecule has 0 spiro atoms. The standard InChI is InChI=1S/C10H14FNO2/c1-2-13-7-14-10-8(6-12)4-3-5-9(10)11/h3-5H,2,6-7,12H2,1H3. The van der Waals surface area contributed by atoms with Gasteiger partial charge in [-0.2, -0.15) is 0 Å². The lowest BCUT2D eigenvalue weighted by atomic mass is 10.2. The van der Waals surface area contributed by atoms with Crippen molar-refractivity contribution >= 4 is 0 Å². The van der Waals surface area contributed by atoms with E-state index < -0.39 is 5.82 Å². The van der Waals surface area contributed by atoms with E-state index in [1.165, 1.54) is 6.07 Å². The van der Waals surface area contributed by atoms with Gasteiger partial charge in [0, 0.05) is 18.7 Å². The molecule has 14 heavy (non-hydrogen) atoms. The first-order valence-electron chi connectivity index (χ1n) is 4.47. The quantitative estimate of drug-likeness (QED) is 0.579. The van der Waals surface area contributed by atoms with Crippen molar-refractivity contribution in [3.63, 3.8) is 0 Å². The second-order valence-electron chi connectivity index (χ2n) is 2.69. The molecule has 0 heterocycles. The zero-order chi connectivity index (χ0) is 10.4. The molecule has 0 fully saturated rings. The Morgan fingerprint density at radius 3 is 2.86 bits per heavy atom. The van der Waals surface area contributed by atoms with E-state index >= 15 is 0 Å². The summed E-state index contributed by atoms with van der Waals surface area (Å²) in [6.45, 7) is 2.67. The molecule has 0 saturated carbocycles. The van der Waals surface area contributed by atoms with Crippen molar-refractivity contribution in [3.8, 4) is 5.75 Å². The topological polar surface area (TPSA) is 44.5 Å². The SMILES string of the molecule is CCOCOc1c(F)cccc1CN. The maximum Gasteiger partial charge on any atom is 0.189 e. The molecular weight excluding hydrogens is 185 g/mol. The van der Waals surface area contributed by atoms with Gasteiger partial charge in [-0.1, -0.05) is 12.1 Å². The molecule has 0 aliphatic carbocycles. The zero-order valence-electron chi connectivity index (χ0n) is 8.13. The first kappa shape index (κ1) is 10.9. The van der Waals surface area contributed by atoms with Crippen molar-refractivity contribution in [1.82, 2.24) is 0 Å². The van der Waals surface area contributed by atoms with E-state index in [4.69, 9.17) is 15.2 Å². The van der Waals surface area contributed by atoms with Gasteiger partial charge < -0.3 is 15.2 Å². The Morgan fingerprint density at radius 1 is 1.43 bits per heavy atom. The van der Waals surface area contributed by atoms with Gasteiger partial charge in [0.05, 0.1) is 0 Å². The summed E-state index contributed by atoms with van der Waals surface area (Å²) >= 11 is 0. The molecule has 0 amide bonds. The Bertz CT molecular complexity index is 291. The zero-order valence-corrected chi connectivity index (χ0v) is 8.13. The molecule has 78 valence electrons. The van der Waals surface area contributed by atoms with Gasteiger partial charge in [0.25, 0.3) is 0 Å². The summed E-state index contributed by atoms with van der Waals surface area (Å²) in [5.41, 5.74) is 6.08. The number of hydrogen-bond acceptors (Lipinski definition) is 3. The molecule has 0 aliphatic rings. The molecule has 0 radical (unpaired) electrons. The fourth-order valence-corrected chi connectivity index (χ4v) is 1.06. The van der Waals surface area contributed by atoms with E-state index in [-0.39, 0.29) is 19.1 Å². The third-order valence-corrected chi connectivity index (χ3v) is 1.76. The Labute approximate surface area is 82.6 Å². The fourth-order valence-electron chi connectivity index (χ4n) is 1.06. The summed E-state index contributed by atoms with van der Waals surface area (Å²) in [6, 6.07) is 4.66. The maximum atomic E-state index is 13.2. The maximum absolute atomic E-state index is 13.2. The van der Waals surface area contributed by atoms with Crippen molar-refractivity contribution in [2.24, 2.45) is 5.73 Å². The second kappa shape index (κ2) is 5.57. The minimum atomic E-state index is -0.410. The van der Waals surface area contributed by atoms with E-state index in [0.29, 0.717) is 12.2 Å². The largest absolute Gasteiger partial charge is 0.464 e. The number of ether oxygens (including phenoxy) is 2. The second-order valence-corrected chi connectivity index (χ2v) is 2.69. The van der Waals surface area contributed by atoms with E-state index in [1.807, 2.05) is 6.92 Å². The third-order valence-electron chi connectivity index (χ3n) is 1.76. The Morgan fingerprint density at radius 2 is 2.21 bits per heavy atom. The average Bonchev–Trinajstić information content (AvgIpc) is 2.20. The molecule has 0 bridgehead atoms. The summed E-state index contributed by atoms with van der Waals surface area (Å²) in [5, 5.41) is 0. The molecule has 0 saturated heterocycles. The lowest BCUT2D eigenvalue weighted by Crippen LogP contribution is -2.07. The van der Waals surface area contributed by atoms with Crippen molar-refractivity contribution in [3.05, 3.63) is 29.6 Å². The molecule has 3 nitrogen and oxygen atoms in total. The molecule has 1 aromatic carbocycles. The van der Waals surface area contributed by atoms with Gasteiger partial charge in [-0.3, -0.25) is 0 Å². The highest BCUT2D eigenvalue weighted by molar-refractivity contribution is 5.34. The summed E-state index contributed by atoms with van der Waals surface area (Å²) in [7, 11) is 0. The number of nitrogens with two attached hydrogens (primary N) is 1. The van der Waals surface area contributed by atoms with Crippen LogP contribution in [0.4, 0.5) is 4.39 Å². The van der Waals surface area contributed by atoms with Crippen LogP contribution in [0.5, 0.6) is 5.75 Å². The highest BCUT2D eigenvalue weighted by atomic mass is 19.1. The van der Waals surface area contributed by atoms with Gasteiger partial charge in [-0.25, -0.2) is 4.39 Å². The van der Waals surface area contributed by atoms with Gasteiger partial charge in [0.15, 0.2) is 18.4 Å². The van der Waals surface area contributed by atoms with Crippen LogP contribution in [-0.2, 0) is 11.3 Å². The normalized spacial score (nSPS) is 10.2. The van der Waals surface area contributed by atoms with Crippen molar-refractivity contribution < 1.29 is 13.9 Å². The predicted molar refractivity (Wildman–Crippen MR) is 51.4 cm³/mol. The van der Waals surface area contributed by atoms with E-state index in [2.05, 4.69) is 0 Å². The van der Waals surface area contributed by atoms with Gasteiger partial charge in [-0.05, 0) is 13.0 Å². The molecule has 4 heteroatoms. The first-order valence-corrected chi connectivity index (χ1v) is 4.47. The summed E-state index contributed by atoms with van der Waals surface area (Å²) in [6.07, 6.45) is 0. The van der Waals surface area contributed by atoms with Crippen LogP contribution in [-0.4, -0.2) is 13.4 Å². The van der Waals surface area contributed by atoms with Crippen LogP contribution in [0, 0.1) is 5.82 Å². The van der Waals surface area contributed by atoms with Crippen LogP contribution in [0.1, 0.15) is 12.5 Å². The number of rotatable bonds is 5. The van der Waals surface area contributed by atoms with Gasteiger partial charge >= 0.3 is 0 Å². The van der Waals surface area contributed by atoms with E-state index in [9.17, 15) is 4.39 Å². The molecule has 1 rings (SSSR count). The minimum Gasteiger partial charge on any atom is -0.464 e. The lowest BCUT2D eigenvalue weighted by Gasteiger charge is -2.10. The number of halogens is 1. The van der Waals surface area contributed by atoms with Crippen LogP contribution in [0.3, 0.4) is 0 Å². The first-order chi connectivity index (χ1) is 6.79. The van der Waals surface area contributed by atoms with Crippen LogP contribution < -0.4 is 10.5 Å². The lowest BCUT2D eigenvalue weighted by molar-refractivity contribution is 0.0195. The molecule has 0 aromatic heterocycles. The van der Waals surface area contributed by atoms with Gasteiger partial charge in [-0.15, -0.1) is 0 Å². The molecule has 0 atom stereocenters.